The van der Waals surface area contributed by atoms with Crippen LogP contribution in [-0.2, 0) is 10.3 Å². The molecule has 0 aliphatic carbocycles. The van der Waals surface area contributed by atoms with Gasteiger partial charge in [0.05, 0.1) is 11.5 Å². The van der Waals surface area contributed by atoms with Gasteiger partial charge in [-0.1, -0.05) is 47.5 Å². The van der Waals surface area contributed by atoms with Gasteiger partial charge >= 0.3 is 5.97 Å². The molecule has 0 amide bonds. The van der Waals surface area contributed by atoms with Gasteiger partial charge in [-0.25, -0.2) is 8.78 Å². The molecule has 1 N–H and O–H groups in total. The van der Waals surface area contributed by atoms with Crippen LogP contribution in [0, 0.1) is 17.6 Å². The minimum absolute atomic E-state index is 0.138. The molecule has 0 saturated carbocycles. The van der Waals surface area contributed by atoms with E-state index in [4.69, 9.17) is 23.2 Å². The molecule has 1 saturated heterocycles. The third-order valence-electron chi connectivity index (χ3n) is 6.34. The first-order chi connectivity index (χ1) is 15.2. The Morgan fingerprint density at radius 1 is 0.938 bits per heavy atom. The number of benzene rings is 3. The van der Waals surface area contributed by atoms with E-state index in [2.05, 4.69) is 11.8 Å². The fourth-order valence-electron chi connectivity index (χ4n) is 4.54. The number of halogens is 4. The van der Waals surface area contributed by atoms with E-state index in [1.807, 2.05) is 48.5 Å². The lowest BCUT2D eigenvalue weighted by molar-refractivity contribution is -0.143. The zero-order chi connectivity index (χ0) is 23.0. The number of carboxylic acid groups (broad SMARTS) is 1. The van der Waals surface area contributed by atoms with Crippen molar-refractivity contribution in [3.05, 3.63) is 105 Å². The van der Waals surface area contributed by atoms with Crippen molar-refractivity contribution in [2.24, 2.45) is 5.92 Å². The number of nitrogens with zero attached hydrogens (tertiary/aromatic N) is 1. The van der Waals surface area contributed by atoms with Crippen LogP contribution in [0.5, 0.6) is 0 Å². The average molecular weight is 476 g/mol. The van der Waals surface area contributed by atoms with Crippen molar-refractivity contribution in [2.45, 2.75) is 18.4 Å². The predicted molar refractivity (Wildman–Crippen MR) is 121 cm³/mol. The van der Waals surface area contributed by atoms with E-state index in [0.717, 1.165) is 29.3 Å². The molecule has 7 heteroatoms. The first kappa shape index (κ1) is 22.7. The van der Waals surface area contributed by atoms with Gasteiger partial charge in [0, 0.05) is 35.1 Å². The highest BCUT2D eigenvalue weighted by molar-refractivity contribution is 6.30. The van der Waals surface area contributed by atoms with Crippen molar-refractivity contribution >= 4 is 29.2 Å². The molecule has 3 aromatic carbocycles. The Kier molecular flexibility index (Phi) is 6.26. The lowest BCUT2D eigenvalue weighted by Crippen LogP contribution is -2.59. The molecule has 166 valence electrons. The van der Waals surface area contributed by atoms with Crippen LogP contribution >= 0.6 is 23.2 Å². The second-order valence-corrected chi connectivity index (χ2v) is 9.14. The van der Waals surface area contributed by atoms with Gasteiger partial charge < -0.3 is 5.11 Å². The highest BCUT2D eigenvalue weighted by atomic mass is 35.5. The van der Waals surface area contributed by atoms with E-state index >= 15 is 0 Å². The monoisotopic (exact) mass is 475 g/mol. The van der Waals surface area contributed by atoms with Crippen molar-refractivity contribution in [1.82, 2.24) is 4.90 Å². The van der Waals surface area contributed by atoms with Gasteiger partial charge in [-0.05, 0) is 60.0 Å². The highest BCUT2D eigenvalue weighted by Crippen LogP contribution is 2.44. The Morgan fingerprint density at radius 2 is 1.38 bits per heavy atom. The fourth-order valence-corrected chi connectivity index (χ4v) is 4.79. The van der Waals surface area contributed by atoms with Crippen LogP contribution in [0.15, 0.2) is 66.7 Å². The summed E-state index contributed by atoms with van der Waals surface area (Å²) in [7, 11) is 0. The van der Waals surface area contributed by atoms with Crippen molar-refractivity contribution in [1.29, 1.82) is 0 Å². The first-order valence-corrected chi connectivity index (χ1v) is 10.9. The fraction of sp³-hybridized carbons (Fsp3) is 0.240. The third kappa shape index (κ3) is 4.25. The minimum Gasteiger partial charge on any atom is -0.481 e. The van der Waals surface area contributed by atoms with Crippen LogP contribution in [0.25, 0.3) is 0 Å². The second-order valence-electron chi connectivity index (χ2n) is 8.27. The van der Waals surface area contributed by atoms with E-state index in [-0.39, 0.29) is 11.5 Å². The Morgan fingerprint density at radius 3 is 1.78 bits per heavy atom. The molecular weight excluding hydrogens is 455 g/mol. The summed E-state index contributed by atoms with van der Waals surface area (Å²) in [6.07, 6.45) is 0. The zero-order valence-electron chi connectivity index (χ0n) is 17.2. The van der Waals surface area contributed by atoms with Gasteiger partial charge in [-0.15, -0.1) is 0 Å². The molecule has 0 aromatic heterocycles. The number of likely N-dealkylation sites (tertiary alicyclic amines) is 1. The number of hydrogen-bond acceptors (Lipinski definition) is 2. The van der Waals surface area contributed by atoms with Gasteiger partial charge in [0.2, 0.25) is 0 Å². The molecule has 1 fully saturated rings. The zero-order valence-corrected chi connectivity index (χ0v) is 18.7. The molecule has 1 unspecified atom stereocenters. The van der Waals surface area contributed by atoms with E-state index in [0.29, 0.717) is 23.1 Å². The molecular formula is C25H21Cl2F2NO2. The van der Waals surface area contributed by atoms with Crippen molar-refractivity contribution in [2.75, 3.05) is 13.1 Å². The maximum absolute atomic E-state index is 13.7. The summed E-state index contributed by atoms with van der Waals surface area (Å²) in [6, 6.07) is 18.0. The van der Waals surface area contributed by atoms with Crippen LogP contribution in [0.4, 0.5) is 8.78 Å². The molecule has 3 aromatic rings. The van der Waals surface area contributed by atoms with Crippen molar-refractivity contribution in [3.8, 4) is 0 Å². The standard InChI is InChI=1S/C25H21Cl2F2NO2/c1-25(17-2-6-19(26)7-3-17,18-4-8-20(27)9-5-18)30-13-16(14-30)23(24(31)32)15-10-21(28)12-22(29)11-15/h2-12,16,23H,13-14H2,1H3,(H,31,32). The molecule has 1 aliphatic heterocycles. The molecule has 1 heterocycles. The molecule has 0 spiro atoms. The summed E-state index contributed by atoms with van der Waals surface area (Å²) >= 11 is 12.2. The first-order valence-electron chi connectivity index (χ1n) is 10.1. The number of aliphatic carboxylic acids is 1. The average Bonchev–Trinajstić information content (AvgIpc) is 2.69. The van der Waals surface area contributed by atoms with Crippen LogP contribution < -0.4 is 0 Å². The van der Waals surface area contributed by atoms with E-state index in [9.17, 15) is 18.7 Å². The summed E-state index contributed by atoms with van der Waals surface area (Å²) in [5.41, 5.74) is 1.55. The quantitative estimate of drug-likeness (QED) is 0.452. The Balaban J connectivity index is 1.67. The van der Waals surface area contributed by atoms with Crippen LogP contribution in [0.1, 0.15) is 29.5 Å². The predicted octanol–water partition coefficient (Wildman–Crippen LogP) is 6.34. The summed E-state index contributed by atoms with van der Waals surface area (Å²) in [4.78, 5) is 14.2. The SMILES string of the molecule is CC(c1ccc(Cl)cc1)(c1ccc(Cl)cc1)N1CC(C(C(=O)O)c2cc(F)cc(F)c2)C1. The molecule has 1 atom stereocenters. The number of hydrogen-bond donors (Lipinski definition) is 1. The van der Waals surface area contributed by atoms with Crippen LogP contribution in [-0.4, -0.2) is 29.1 Å². The Hall–Kier alpha value is -2.47. The van der Waals surface area contributed by atoms with E-state index in [1.54, 1.807) is 0 Å². The van der Waals surface area contributed by atoms with Crippen LogP contribution in [0.3, 0.4) is 0 Å². The highest BCUT2D eigenvalue weighted by Gasteiger charge is 2.47. The maximum Gasteiger partial charge on any atom is 0.311 e. The van der Waals surface area contributed by atoms with Gasteiger partial charge in [0.1, 0.15) is 11.6 Å². The second kappa shape index (κ2) is 8.81. The molecule has 0 bridgehead atoms. The number of carbonyl (C=O) groups is 1. The summed E-state index contributed by atoms with van der Waals surface area (Å²) in [5, 5.41) is 11.1. The summed E-state index contributed by atoms with van der Waals surface area (Å²) in [6.45, 7) is 2.95. The Bertz CT molecular complexity index is 1060. The molecule has 4 rings (SSSR count). The minimum atomic E-state index is -1.10. The van der Waals surface area contributed by atoms with Gasteiger partial charge in [0.25, 0.3) is 0 Å². The van der Waals surface area contributed by atoms with Gasteiger partial charge in [0.15, 0.2) is 0 Å². The molecule has 3 nitrogen and oxygen atoms in total. The Labute approximate surface area is 195 Å². The number of carboxylic acids is 1. The van der Waals surface area contributed by atoms with E-state index in [1.165, 1.54) is 0 Å². The molecule has 1 aliphatic rings. The lowest BCUT2D eigenvalue weighted by Gasteiger charge is -2.53. The summed E-state index contributed by atoms with van der Waals surface area (Å²) < 4.78 is 27.5. The number of rotatable bonds is 6. The lowest BCUT2D eigenvalue weighted by atomic mass is 9.74. The van der Waals surface area contributed by atoms with Crippen molar-refractivity contribution in [3.63, 3.8) is 0 Å². The van der Waals surface area contributed by atoms with Crippen molar-refractivity contribution < 1.29 is 18.7 Å². The van der Waals surface area contributed by atoms with Gasteiger partial charge in [-0.2, -0.15) is 0 Å². The van der Waals surface area contributed by atoms with Crippen LogP contribution in [0.2, 0.25) is 10.0 Å². The topological polar surface area (TPSA) is 40.5 Å². The summed E-state index contributed by atoms with van der Waals surface area (Å²) in [5.74, 6) is -3.97. The van der Waals surface area contributed by atoms with Gasteiger partial charge in [-0.3, -0.25) is 9.69 Å². The molecule has 0 radical (unpaired) electrons. The third-order valence-corrected chi connectivity index (χ3v) is 6.84. The normalized spacial score (nSPS) is 15.9. The molecule has 32 heavy (non-hydrogen) atoms. The largest absolute Gasteiger partial charge is 0.481 e. The smallest absolute Gasteiger partial charge is 0.311 e. The maximum atomic E-state index is 13.7. The van der Waals surface area contributed by atoms with E-state index < -0.39 is 29.1 Å².